The summed E-state index contributed by atoms with van der Waals surface area (Å²) in [6, 6.07) is 0. The Morgan fingerprint density at radius 1 is 0.582 bits per heavy atom. The molecule has 2 aliphatic rings. The molecule has 0 aliphatic heterocycles. The predicted octanol–water partition coefficient (Wildman–Crippen LogP) is 8.15. The zero-order chi connectivity index (χ0) is 40.4. The minimum absolute atomic E-state index is 0.0139. The molecule has 314 valence electrons. The normalized spacial score (nSPS) is 18.6. The summed E-state index contributed by atoms with van der Waals surface area (Å²) in [5, 5.41) is 10.4. The number of unbranched alkanes of at least 4 members (excludes halogenated alkanes) is 8. The molecule has 0 radical (unpaired) electrons. The van der Waals surface area contributed by atoms with Gasteiger partial charge in [0.2, 0.25) is 0 Å². The molecule has 0 spiro atoms. The summed E-state index contributed by atoms with van der Waals surface area (Å²) in [5.74, 6) is -7.74. The van der Waals surface area contributed by atoms with E-state index in [1.807, 2.05) is 12.2 Å². The number of ether oxygens (including phenoxy) is 5. The van der Waals surface area contributed by atoms with Crippen LogP contribution in [-0.4, -0.2) is 80.5 Å². The van der Waals surface area contributed by atoms with Crippen molar-refractivity contribution in [3.05, 3.63) is 24.3 Å². The Kier molecular flexibility index (Phi) is 23.7. The second kappa shape index (κ2) is 27.3. The van der Waals surface area contributed by atoms with Crippen molar-refractivity contribution < 1.29 is 61.5 Å². The van der Waals surface area contributed by atoms with Gasteiger partial charge in [0.1, 0.15) is 19.8 Å². The maximum atomic E-state index is 13.7. The SMILES string of the molecule is CCCCC/C=C\CCOC(=O)CCCCC(=O)OCC(CO)(COC(=O)CCCCC(=O)OCC/C=C\CCCCC)COC(=O)C1CC2[C@H](C1)C2(F)F. The van der Waals surface area contributed by atoms with Gasteiger partial charge in [-0.3, -0.25) is 24.0 Å². The number of aliphatic hydroxyl groups is 1. The maximum Gasteiger partial charge on any atom is 0.308 e. The lowest BCUT2D eigenvalue weighted by Crippen LogP contribution is -2.43. The van der Waals surface area contributed by atoms with E-state index in [-0.39, 0.29) is 50.5 Å². The van der Waals surface area contributed by atoms with E-state index < -0.39 is 73.4 Å². The zero-order valence-electron chi connectivity index (χ0n) is 33.2. The lowest BCUT2D eigenvalue weighted by Gasteiger charge is -2.30. The van der Waals surface area contributed by atoms with Crippen LogP contribution in [0.3, 0.4) is 0 Å². The van der Waals surface area contributed by atoms with Crippen molar-refractivity contribution >= 4 is 29.8 Å². The summed E-state index contributed by atoms with van der Waals surface area (Å²) in [6.07, 6.45) is 20.3. The number of halogens is 2. The van der Waals surface area contributed by atoms with Gasteiger partial charge < -0.3 is 28.8 Å². The topological polar surface area (TPSA) is 152 Å². The van der Waals surface area contributed by atoms with Crippen LogP contribution in [-0.2, 0) is 47.7 Å². The number of rotatable bonds is 32. The third-order valence-corrected chi connectivity index (χ3v) is 10.1. The monoisotopic (exact) mass is 784 g/mol. The molecule has 0 heterocycles. The van der Waals surface area contributed by atoms with E-state index in [1.165, 1.54) is 25.7 Å². The molecule has 55 heavy (non-hydrogen) atoms. The third kappa shape index (κ3) is 19.9. The highest BCUT2D eigenvalue weighted by molar-refractivity contribution is 5.74. The highest BCUT2D eigenvalue weighted by Gasteiger charge is 2.72. The second-order valence-electron chi connectivity index (χ2n) is 15.0. The lowest BCUT2D eigenvalue weighted by molar-refractivity contribution is -0.168. The minimum atomic E-state index is -2.75. The van der Waals surface area contributed by atoms with Crippen LogP contribution in [0.1, 0.15) is 142 Å². The number of aliphatic hydroxyl groups excluding tert-OH is 1. The molecule has 2 rings (SSSR count). The lowest BCUT2D eigenvalue weighted by atomic mass is 9.92. The van der Waals surface area contributed by atoms with Gasteiger partial charge in [0.15, 0.2) is 0 Å². The highest BCUT2D eigenvalue weighted by Crippen LogP contribution is 2.65. The molecule has 1 N–H and O–H groups in total. The van der Waals surface area contributed by atoms with E-state index in [0.717, 1.165) is 25.7 Å². The third-order valence-electron chi connectivity index (χ3n) is 10.1. The number of hydrogen-bond donors (Lipinski definition) is 1. The van der Waals surface area contributed by atoms with E-state index in [0.29, 0.717) is 51.7 Å². The van der Waals surface area contributed by atoms with Crippen molar-refractivity contribution in [3.63, 3.8) is 0 Å². The van der Waals surface area contributed by atoms with Crippen LogP contribution in [0.5, 0.6) is 0 Å². The first-order chi connectivity index (χ1) is 26.5. The van der Waals surface area contributed by atoms with E-state index in [4.69, 9.17) is 23.7 Å². The molecule has 2 saturated carbocycles. The van der Waals surface area contributed by atoms with Gasteiger partial charge in [0.25, 0.3) is 5.92 Å². The van der Waals surface area contributed by atoms with Crippen molar-refractivity contribution in [1.29, 1.82) is 0 Å². The average molecular weight is 785 g/mol. The smallest absolute Gasteiger partial charge is 0.308 e. The van der Waals surface area contributed by atoms with Gasteiger partial charge in [0, 0.05) is 37.5 Å². The zero-order valence-corrected chi connectivity index (χ0v) is 33.2. The number of esters is 5. The Labute approximate surface area is 326 Å². The van der Waals surface area contributed by atoms with E-state index >= 15 is 0 Å². The van der Waals surface area contributed by atoms with Crippen molar-refractivity contribution in [3.8, 4) is 0 Å². The molecule has 2 fully saturated rings. The van der Waals surface area contributed by atoms with Gasteiger partial charge in [-0.05, 0) is 77.0 Å². The highest BCUT2D eigenvalue weighted by atomic mass is 19.3. The number of alkyl halides is 2. The molecule has 0 amide bonds. The quantitative estimate of drug-likeness (QED) is 0.0305. The molecular weight excluding hydrogens is 718 g/mol. The number of hydrogen-bond acceptors (Lipinski definition) is 11. The fraction of sp³-hybridized carbons (Fsp3) is 0.786. The fourth-order valence-corrected chi connectivity index (χ4v) is 6.42. The first kappa shape index (κ1) is 47.8. The van der Waals surface area contributed by atoms with Crippen molar-refractivity contribution in [2.24, 2.45) is 23.2 Å². The van der Waals surface area contributed by atoms with Gasteiger partial charge in [-0.15, -0.1) is 0 Å². The molecular formula is C42H66F2O11. The standard InChI is InChI=1S/C42H66F2O11/c1-3-5-7-9-11-13-19-25-51-36(46)21-15-17-23-38(48)53-30-41(29-45,32-55-40(50)33-27-34-35(28-33)42(34,43)44)31-54-39(49)24-18-16-22-37(47)52-26-20-14-12-10-8-6-4-2/h11-14,33-35,45H,3-10,15-32H2,1-2H3/b13-11-,14-12-/t33?,34-,35?/m0/s1. The predicted molar refractivity (Wildman–Crippen MR) is 202 cm³/mol. The first-order valence-corrected chi connectivity index (χ1v) is 20.6. The largest absolute Gasteiger partial charge is 0.465 e. The molecule has 0 aromatic heterocycles. The summed E-state index contributed by atoms with van der Waals surface area (Å²) in [5.41, 5.74) is -1.49. The van der Waals surface area contributed by atoms with Crippen molar-refractivity contribution in [1.82, 2.24) is 0 Å². The Hall–Kier alpha value is -3.35. The number of allylic oxidation sites excluding steroid dienone is 2. The second-order valence-corrected chi connectivity index (χ2v) is 15.0. The van der Waals surface area contributed by atoms with Crippen LogP contribution in [0.15, 0.2) is 24.3 Å². The van der Waals surface area contributed by atoms with Crippen molar-refractivity contribution in [2.75, 3.05) is 39.6 Å². The Bertz CT molecular complexity index is 1140. The van der Waals surface area contributed by atoms with Gasteiger partial charge in [0.05, 0.1) is 31.2 Å². The molecule has 2 aliphatic carbocycles. The van der Waals surface area contributed by atoms with Crippen molar-refractivity contribution in [2.45, 2.75) is 148 Å². The summed E-state index contributed by atoms with van der Waals surface area (Å²) < 4.78 is 54.0. The number of fused-ring (bicyclic) bond motifs is 1. The first-order valence-electron chi connectivity index (χ1n) is 20.6. The molecule has 13 heteroatoms. The molecule has 3 atom stereocenters. The maximum absolute atomic E-state index is 13.7. The van der Waals surface area contributed by atoms with Crippen LogP contribution >= 0.6 is 0 Å². The van der Waals surface area contributed by atoms with E-state index in [9.17, 15) is 37.9 Å². The molecule has 0 saturated heterocycles. The fourth-order valence-electron chi connectivity index (χ4n) is 6.42. The minimum Gasteiger partial charge on any atom is -0.465 e. The molecule has 2 unspecified atom stereocenters. The van der Waals surface area contributed by atoms with Crippen LogP contribution in [0.2, 0.25) is 0 Å². The van der Waals surface area contributed by atoms with Crippen LogP contribution in [0.4, 0.5) is 8.78 Å². The summed E-state index contributed by atoms with van der Waals surface area (Å²) >= 11 is 0. The van der Waals surface area contributed by atoms with Crippen LogP contribution in [0, 0.1) is 23.2 Å². The molecule has 0 aromatic rings. The average Bonchev–Trinajstić information content (AvgIpc) is 3.45. The summed E-state index contributed by atoms with van der Waals surface area (Å²) in [6.45, 7) is 2.87. The van der Waals surface area contributed by atoms with Gasteiger partial charge >= 0.3 is 29.8 Å². The van der Waals surface area contributed by atoms with Gasteiger partial charge in [-0.1, -0.05) is 63.8 Å². The summed E-state index contributed by atoms with van der Waals surface area (Å²) in [7, 11) is 0. The van der Waals surface area contributed by atoms with Crippen LogP contribution in [0.25, 0.3) is 0 Å². The summed E-state index contributed by atoms with van der Waals surface area (Å²) in [4.78, 5) is 62.0. The number of carbonyl (C=O) groups excluding carboxylic acids is 5. The van der Waals surface area contributed by atoms with Gasteiger partial charge in [-0.2, -0.15) is 0 Å². The molecule has 11 nitrogen and oxygen atoms in total. The van der Waals surface area contributed by atoms with E-state index in [2.05, 4.69) is 26.0 Å². The Balaban J connectivity index is 1.75. The number of carbonyl (C=O) groups is 5. The Morgan fingerprint density at radius 2 is 0.964 bits per heavy atom. The Morgan fingerprint density at radius 3 is 1.36 bits per heavy atom. The molecule has 0 aromatic carbocycles. The van der Waals surface area contributed by atoms with Gasteiger partial charge in [-0.25, -0.2) is 8.78 Å². The van der Waals surface area contributed by atoms with E-state index in [1.54, 1.807) is 0 Å². The molecule has 0 bridgehead atoms. The van der Waals surface area contributed by atoms with Crippen LogP contribution < -0.4 is 0 Å².